The first-order chi connectivity index (χ1) is 19.0. The quantitative estimate of drug-likeness (QED) is 0.189. The number of hydrogen-bond donors (Lipinski definition) is 1. The molecule has 0 amide bonds. The van der Waals surface area contributed by atoms with Crippen LogP contribution in [-0.4, -0.2) is 66.0 Å². The van der Waals surface area contributed by atoms with E-state index in [1.54, 1.807) is 6.08 Å². The molecular formula is C29H30O11. The molecule has 3 rings (SSSR count). The van der Waals surface area contributed by atoms with Crippen molar-refractivity contribution in [3.63, 3.8) is 0 Å². The highest BCUT2D eigenvalue weighted by Gasteiger charge is 2.51. The van der Waals surface area contributed by atoms with Gasteiger partial charge in [-0.1, -0.05) is 36.4 Å². The van der Waals surface area contributed by atoms with Gasteiger partial charge in [0, 0.05) is 26.3 Å². The molecule has 0 saturated carbocycles. The van der Waals surface area contributed by atoms with Gasteiger partial charge in [-0.25, -0.2) is 0 Å². The highest BCUT2D eigenvalue weighted by Crippen LogP contribution is 2.35. The van der Waals surface area contributed by atoms with Crippen LogP contribution >= 0.6 is 0 Å². The summed E-state index contributed by atoms with van der Waals surface area (Å²) in [5.74, 6) is -4.50. The Morgan fingerprint density at radius 3 is 2.05 bits per heavy atom. The Labute approximate surface area is 230 Å². The summed E-state index contributed by atoms with van der Waals surface area (Å²) >= 11 is 0. The minimum absolute atomic E-state index is 0.219. The molecule has 11 nitrogen and oxygen atoms in total. The number of esters is 3. The number of ketones is 1. The minimum atomic E-state index is -1.36. The van der Waals surface area contributed by atoms with Crippen LogP contribution in [0.5, 0.6) is 5.75 Å². The van der Waals surface area contributed by atoms with Crippen molar-refractivity contribution in [2.24, 2.45) is 5.92 Å². The van der Waals surface area contributed by atoms with Gasteiger partial charge in [-0.3, -0.25) is 24.0 Å². The number of ether oxygens (including phenoxy) is 5. The maximum atomic E-state index is 12.6. The van der Waals surface area contributed by atoms with Crippen molar-refractivity contribution >= 4 is 35.7 Å². The van der Waals surface area contributed by atoms with Crippen molar-refractivity contribution in [2.75, 3.05) is 6.61 Å². The molecule has 11 heteroatoms. The number of carbonyl (C=O) groups excluding carboxylic acids is 4. The summed E-state index contributed by atoms with van der Waals surface area (Å²) in [5.41, 5.74) is 1.25. The molecule has 0 unspecified atom stereocenters. The van der Waals surface area contributed by atoms with Crippen molar-refractivity contribution in [1.29, 1.82) is 0 Å². The van der Waals surface area contributed by atoms with Gasteiger partial charge in [0.2, 0.25) is 6.29 Å². The van der Waals surface area contributed by atoms with Crippen LogP contribution < -0.4 is 4.74 Å². The first-order valence-corrected chi connectivity index (χ1v) is 12.4. The zero-order valence-corrected chi connectivity index (χ0v) is 22.2. The largest absolute Gasteiger partial charge is 0.481 e. The van der Waals surface area contributed by atoms with E-state index in [-0.39, 0.29) is 18.1 Å². The van der Waals surface area contributed by atoms with Gasteiger partial charge >= 0.3 is 23.9 Å². The lowest BCUT2D eigenvalue weighted by Crippen LogP contribution is -2.60. The third-order valence-corrected chi connectivity index (χ3v) is 5.87. The number of benzene rings is 2. The van der Waals surface area contributed by atoms with E-state index in [4.69, 9.17) is 23.7 Å². The average molecular weight is 555 g/mol. The predicted octanol–water partition coefficient (Wildman–Crippen LogP) is 3.20. The summed E-state index contributed by atoms with van der Waals surface area (Å²) in [6.45, 7) is 3.05. The van der Waals surface area contributed by atoms with E-state index >= 15 is 0 Å². The van der Waals surface area contributed by atoms with E-state index in [0.29, 0.717) is 5.56 Å². The van der Waals surface area contributed by atoms with Crippen molar-refractivity contribution in [3.8, 4) is 5.75 Å². The topological polar surface area (TPSA) is 152 Å². The van der Waals surface area contributed by atoms with E-state index in [1.165, 1.54) is 37.3 Å². The van der Waals surface area contributed by atoms with Crippen molar-refractivity contribution in [3.05, 3.63) is 71.8 Å². The normalized spacial score (nSPS) is 22.2. The summed E-state index contributed by atoms with van der Waals surface area (Å²) in [6, 6.07) is 15.4. The molecular weight excluding hydrogens is 524 g/mol. The van der Waals surface area contributed by atoms with Crippen LogP contribution in [-0.2, 0) is 38.1 Å². The van der Waals surface area contributed by atoms with Crippen molar-refractivity contribution < 1.29 is 52.8 Å². The fraction of sp³-hybridized carbons (Fsp3) is 0.345. The number of aliphatic carboxylic acids is 1. The van der Waals surface area contributed by atoms with Gasteiger partial charge in [-0.2, -0.15) is 0 Å². The predicted molar refractivity (Wildman–Crippen MR) is 139 cm³/mol. The van der Waals surface area contributed by atoms with Gasteiger partial charge in [0.05, 0.1) is 12.3 Å². The van der Waals surface area contributed by atoms with Gasteiger partial charge in [-0.15, -0.1) is 0 Å². The maximum absolute atomic E-state index is 12.6. The van der Waals surface area contributed by atoms with Crippen LogP contribution in [0.15, 0.2) is 60.7 Å². The maximum Gasteiger partial charge on any atom is 0.303 e. The Hall–Kier alpha value is -4.51. The number of hydrogen-bond acceptors (Lipinski definition) is 10. The van der Waals surface area contributed by atoms with E-state index in [9.17, 15) is 29.1 Å². The lowest BCUT2D eigenvalue weighted by Gasteiger charge is -2.44. The molecule has 212 valence electrons. The SMILES string of the molecule is CC(=O)OC[C@@H]1O[C@H](Oc2ccc(C(=O)/C=C/c3ccccc3)cc2)[C@H](OC(C)=O)[C@H](CC(=O)O)[C@H]1OC(C)=O. The van der Waals surface area contributed by atoms with Gasteiger partial charge in [0.1, 0.15) is 24.6 Å². The Bertz CT molecular complexity index is 1240. The Balaban J connectivity index is 1.86. The first kappa shape index (κ1) is 30.0. The number of carboxylic acids is 1. The Morgan fingerprint density at radius 1 is 0.850 bits per heavy atom. The standard InChI is InChI=1S/C29H30O11/c1-17(30)36-16-25-27(37-18(2)31)23(15-26(34)35)28(38-19(3)32)29(40-25)39-22-12-10-21(11-13-22)24(33)14-9-20-7-5-4-6-8-20/h4-14,23,25,27-29H,15-16H2,1-3H3,(H,34,35)/b14-9+/t23-,25+,27-,28-,29+/m1/s1. The second kappa shape index (κ2) is 14.0. The minimum Gasteiger partial charge on any atom is -0.481 e. The molecule has 40 heavy (non-hydrogen) atoms. The van der Waals surface area contributed by atoms with Gasteiger partial charge in [-0.05, 0) is 35.9 Å². The number of carbonyl (C=O) groups is 5. The van der Waals surface area contributed by atoms with E-state index in [2.05, 4.69) is 0 Å². The second-order valence-electron chi connectivity index (χ2n) is 9.01. The second-order valence-corrected chi connectivity index (χ2v) is 9.01. The zero-order valence-electron chi connectivity index (χ0n) is 22.2. The van der Waals surface area contributed by atoms with E-state index in [0.717, 1.165) is 19.4 Å². The van der Waals surface area contributed by atoms with Crippen LogP contribution in [0.3, 0.4) is 0 Å². The zero-order chi connectivity index (χ0) is 29.2. The number of allylic oxidation sites excluding steroid dienone is 1. The van der Waals surface area contributed by atoms with Gasteiger partial charge < -0.3 is 28.8 Å². The summed E-state index contributed by atoms with van der Waals surface area (Å²) in [6.07, 6.45) is -2.46. The molecule has 5 atom stereocenters. The average Bonchev–Trinajstić information content (AvgIpc) is 2.89. The molecule has 0 aromatic heterocycles. The summed E-state index contributed by atoms with van der Waals surface area (Å²) in [4.78, 5) is 59.6. The van der Waals surface area contributed by atoms with Crippen molar-refractivity contribution in [1.82, 2.24) is 0 Å². The Morgan fingerprint density at radius 2 is 1.48 bits per heavy atom. The highest BCUT2D eigenvalue weighted by molar-refractivity contribution is 6.06. The molecule has 2 aromatic rings. The smallest absolute Gasteiger partial charge is 0.303 e. The molecule has 1 heterocycles. The summed E-state index contributed by atoms with van der Waals surface area (Å²) in [7, 11) is 0. The van der Waals surface area contributed by atoms with Crippen LogP contribution in [0.2, 0.25) is 0 Å². The molecule has 1 N–H and O–H groups in total. The summed E-state index contributed by atoms with van der Waals surface area (Å²) < 4.78 is 27.6. The van der Waals surface area contributed by atoms with E-state index in [1.807, 2.05) is 30.3 Å². The molecule has 0 radical (unpaired) electrons. The fourth-order valence-corrected chi connectivity index (χ4v) is 4.21. The molecule has 0 aliphatic carbocycles. The molecule has 1 fully saturated rings. The van der Waals surface area contributed by atoms with Crippen LogP contribution in [0.1, 0.15) is 43.1 Å². The fourth-order valence-electron chi connectivity index (χ4n) is 4.21. The number of carboxylic acid groups (broad SMARTS) is 1. The lowest BCUT2D eigenvalue weighted by atomic mass is 9.86. The van der Waals surface area contributed by atoms with Crippen LogP contribution in [0, 0.1) is 5.92 Å². The molecule has 2 aromatic carbocycles. The summed E-state index contributed by atoms with van der Waals surface area (Å²) in [5, 5.41) is 9.56. The highest BCUT2D eigenvalue weighted by atomic mass is 16.7. The third-order valence-electron chi connectivity index (χ3n) is 5.87. The Kier molecular flexibility index (Phi) is 10.5. The van der Waals surface area contributed by atoms with Crippen molar-refractivity contribution in [2.45, 2.75) is 51.8 Å². The molecule has 0 spiro atoms. The van der Waals surface area contributed by atoms with E-state index < -0.39 is 60.8 Å². The van der Waals surface area contributed by atoms with Crippen LogP contribution in [0.25, 0.3) is 6.08 Å². The molecule has 1 aliphatic heterocycles. The number of rotatable bonds is 11. The monoisotopic (exact) mass is 554 g/mol. The lowest BCUT2D eigenvalue weighted by molar-refractivity contribution is -0.274. The molecule has 0 bridgehead atoms. The molecule has 1 aliphatic rings. The van der Waals surface area contributed by atoms with Gasteiger partial charge in [0.25, 0.3) is 0 Å². The molecule has 1 saturated heterocycles. The first-order valence-electron chi connectivity index (χ1n) is 12.4. The third kappa shape index (κ3) is 8.77. The van der Waals surface area contributed by atoms with Crippen LogP contribution in [0.4, 0.5) is 0 Å². The van der Waals surface area contributed by atoms with Gasteiger partial charge in [0.15, 0.2) is 11.9 Å².